The molecular weight excluding hydrogens is 272 g/mol. The quantitative estimate of drug-likeness (QED) is 0.750. The van der Waals surface area contributed by atoms with Crippen LogP contribution in [-0.4, -0.2) is 5.33 Å². The predicted molar refractivity (Wildman–Crippen MR) is 53.9 cm³/mol. The summed E-state index contributed by atoms with van der Waals surface area (Å²) in [5.74, 6) is 0.883. The van der Waals surface area contributed by atoms with Gasteiger partial charge in [-0.05, 0) is 41.1 Å². The van der Waals surface area contributed by atoms with Crippen LogP contribution in [0.4, 0.5) is 0 Å². The van der Waals surface area contributed by atoms with Gasteiger partial charge in [0.05, 0.1) is 0 Å². The Kier molecular flexibility index (Phi) is 3.40. The summed E-state index contributed by atoms with van der Waals surface area (Å²) in [5.41, 5.74) is 1.24. The van der Waals surface area contributed by atoms with Crippen LogP contribution < -0.4 is 0 Å². The van der Waals surface area contributed by atoms with Crippen molar-refractivity contribution in [3.63, 3.8) is 0 Å². The molecule has 0 bridgehead atoms. The minimum absolute atomic E-state index is 0.770. The van der Waals surface area contributed by atoms with Gasteiger partial charge < -0.3 is 4.42 Å². The van der Waals surface area contributed by atoms with Gasteiger partial charge in [-0.3, -0.25) is 0 Å². The Bertz CT molecular complexity index is 263. The van der Waals surface area contributed by atoms with Crippen molar-refractivity contribution in [3.8, 4) is 0 Å². The maximum absolute atomic E-state index is 5.28. The van der Waals surface area contributed by atoms with E-state index in [4.69, 9.17) is 4.42 Å². The summed E-state index contributed by atoms with van der Waals surface area (Å²) in [6, 6.07) is 3.81. The van der Waals surface area contributed by atoms with Crippen LogP contribution in [0.2, 0.25) is 0 Å². The second-order valence-electron chi connectivity index (χ2n) is 2.27. The first-order chi connectivity index (χ1) is 5.22. The molecule has 11 heavy (non-hydrogen) atoms. The third kappa shape index (κ3) is 2.83. The topological polar surface area (TPSA) is 13.1 Å². The molecule has 0 amide bonds. The number of rotatable bonds is 2. The highest BCUT2D eigenvalue weighted by atomic mass is 79.9. The lowest BCUT2D eigenvalue weighted by atomic mass is 10.3. The fraction of sp³-hybridized carbons (Fsp3) is 0.250. The Balaban J connectivity index is 2.78. The van der Waals surface area contributed by atoms with E-state index in [0.717, 1.165) is 15.8 Å². The fourth-order valence-electron chi connectivity index (χ4n) is 0.687. The van der Waals surface area contributed by atoms with E-state index in [9.17, 15) is 0 Å². The number of hydrogen-bond donors (Lipinski definition) is 0. The Morgan fingerprint density at radius 3 is 2.82 bits per heavy atom. The maximum atomic E-state index is 5.28. The zero-order valence-electron chi connectivity index (χ0n) is 6.10. The van der Waals surface area contributed by atoms with E-state index in [1.54, 1.807) is 0 Å². The van der Waals surface area contributed by atoms with Crippen LogP contribution in [0.15, 0.2) is 26.8 Å². The molecule has 1 rings (SSSR count). The van der Waals surface area contributed by atoms with E-state index in [1.165, 1.54) is 5.57 Å². The van der Waals surface area contributed by atoms with Crippen molar-refractivity contribution in [2.24, 2.45) is 0 Å². The summed E-state index contributed by atoms with van der Waals surface area (Å²) in [5, 5.41) is 0.880. The Morgan fingerprint density at radius 2 is 2.36 bits per heavy atom. The molecule has 0 spiro atoms. The average molecular weight is 280 g/mol. The van der Waals surface area contributed by atoms with Crippen LogP contribution in [0.1, 0.15) is 12.7 Å². The van der Waals surface area contributed by atoms with Crippen molar-refractivity contribution in [2.45, 2.75) is 6.92 Å². The Morgan fingerprint density at radius 1 is 1.64 bits per heavy atom. The minimum Gasteiger partial charge on any atom is -0.450 e. The van der Waals surface area contributed by atoms with Crippen molar-refractivity contribution in [3.05, 3.63) is 28.1 Å². The van der Waals surface area contributed by atoms with Gasteiger partial charge in [0, 0.05) is 5.33 Å². The molecule has 0 aromatic carbocycles. The predicted octanol–water partition coefficient (Wildman–Crippen LogP) is 3.84. The minimum atomic E-state index is 0.770. The molecule has 0 saturated carbocycles. The summed E-state index contributed by atoms with van der Waals surface area (Å²) in [6.07, 6.45) is 2.00. The summed E-state index contributed by atoms with van der Waals surface area (Å²) in [6.45, 7) is 2.05. The zero-order valence-corrected chi connectivity index (χ0v) is 9.28. The van der Waals surface area contributed by atoms with E-state index >= 15 is 0 Å². The van der Waals surface area contributed by atoms with Crippen molar-refractivity contribution >= 4 is 37.9 Å². The molecule has 0 radical (unpaired) electrons. The van der Waals surface area contributed by atoms with Crippen molar-refractivity contribution in [1.29, 1.82) is 0 Å². The van der Waals surface area contributed by atoms with E-state index in [-0.39, 0.29) is 0 Å². The highest BCUT2D eigenvalue weighted by Crippen LogP contribution is 2.16. The lowest BCUT2D eigenvalue weighted by Crippen LogP contribution is -1.73. The lowest BCUT2D eigenvalue weighted by Gasteiger charge is -1.89. The molecular formula is C8H8Br2O. The average Bonchev–Trinajstić information content (AvgIpc) is 2.35. The maximum Gasteiger partial charge on any atom is 0.169 e. The molecule has 0 aliphatic rings. The monoisotopic (exact) mass is 278 g/mol. The van der Waals surface area contributed by atoms with E-state index < -0.39 is 0 Å². The number of hydrogen-bond acceptors (Lipinski definition) is 1. The molecule has 60 valence electrons. The van der Waals surface area contributed by atoms with Crippen molar-refractivity contribution < 1.29 is 4.42 Å². The second kappa shape index (κ2) is 4.12. The summed E-state index contributed by atoms with van der Waals surface area (Å²) in [4.78, 5) is 0. The molecule has 0 aliphatic heterocycles. The standard InChI is InChI=1S/C8H8Br2O/c1-6(5-9)4-7-2-3-8(10)11-7/h2-4H,5H2,1H3/b6-4-. The van der Waals surface area contributed by atoms with E-state index in [2.05, 4.69) is 31.9 Å². The van der Waals surface area contributed by atoms with Gasteiger partial charge in [0.2, 0.25) is 0 Å². The van der Waals surface area contributed by atoms with Gasteiger partial charge in [-0.25, -0.2) is 0 Å². The van der Waals surface area contributed by atoms with Gasteiger partial charge in [-0.2, -0.15) is 0 Å². The van der Waals surface area contributed by atoms with Crippen LogP contribution >= 0.6 is 31.9 Å². The lowest BCUT2D eigenvalue weighted by molar-refractivity contribution is 0.531. The number of halogens is 2. The van der Waals surface area contributed by atoms with Gasteiger partial charge in [0.1, 0.15) is 5.76 Å². The van der Waals surface area contributed by atoms with Crippen molar-refractivity contribution in [2.75, 3.05) is 5.33 Å². The molecule has 3 heteroatoms. The highest BCUT2D eigenvalue weighted by molar-refractivity contribution is 9.10. The van der Waals surface area contributed by atoms with Crippen molar-refractivity contribution in [1.82, 2.24) is 0 Å². The first-order valence-corrected chi connectivity index (χ1v) is 5.12. The largest absolute Gasteiger partial charge is 0.450 e. The van der Waals surface area contributed by atoms with Crippen LogP contribution in [0.5, 0.6) is 0 Å². The fourth-order valence-corrected chi connectivity index (χ4v) is 1.17. The van der Waals surface area contributed by atoms with Crippen LogP contribution in [-0.2, 0) is 0 Å². The zero-order chi connectivity index (χ0) is 8.27. The van der Waals surface area contributed by atoms with Gasteiger partial charge in [0.25, 0.3) is 0 Å². The molecule has 0 atom stereocenters. The van der Waals surface area contributed by atoms with Gasteiger partial charge in [0.15, 0.2) is 4.67 Å². The Labute approximate surface area is 82.7 Å². The SMILES string of the molecule is C/C(=C/c1ccc(Br)o1)CBr. The summed E-state index contributed by atoms with van der Waals surface area (Å²) in [7, 11) is 0. The molecule has 0 aliphatic carbocycles. The molecule has 0 saturated heterocycles. The molecule has 1 aromatic rings. The summed E-state index contributed by atoms with van der Waals surface area (Å²) >= 11 is 6.59. The molecule has 0 N–H and O–H groups in total. The third-order valence-corrected chi connectivity index (χ3v) is 2.50. The normalized spacial score (nSPS) is 12.1. The van der Waals surface area contributed by atoms with E-state index in [1.807, 2.05) is 25.1 Å². The number of alkyl halides is 1. The first kappa shape index (κ1) is 9.07. The number of allylic oxidation sites excluding steroid dienone is 1. The molecule has 0 unspecified atom stereocenters. The van der Waals surface area contributed by atoms with Gasteiger partial charge >= 0.3 is 0 Å². The second-order valence-corrected chi connectivity index (χ2v) is 3.61. The molecule has 1 nitrogen and oxygen atoms in total. The Hall–Kier alpha value is -0.0200. The molecule has 1 aromatic heterocycles. The molecule has 0 fully saturated rings. The number of furan rings is 1. The van der Waals surface area contributed by atoms with Crippen LogP contribution in [0, 0.1) is 0 Å². The smallest absolute Gasteiger partial charge is 0.169 e. The van der Waals surface area contributed by atoms with Gasteiger partial charge in [-0.1, -0.05) is 21.5 Å². The molecule has 1 heterocycles. The van der Waals surface area contributed by atoms with Gasteiger partial charge in [-0.15, -0.1) is 0 Å². The van der Waals surface area contributed by atoms with E-state index in [0.29, 0.717) is 0 Å². The third-order valence-electron chi connectivity index (χ3n) is 1.19. The van der Waals surface area contributed by atoms with Crippen LogP contribution in [0.3, 0.4) is 0 Å². The first-order valence-electron chi connectivity index (χ1n) is 3.21. The summed E-state index contributed by atoms with van der Waals surface area (Å²) < 4.78 is 6.04. The van der Waals surface area contributed by atoms with Crippen LogP contribution in [0.25, 0.3) is 6.08 Å². The highest BCUT2D eigenvalue weighted by Gasteiger charge is 1.95.